The minimum absolute atomic E-state index is 0.00156. The summed E-state index contributed by atoms with van der Waals surface area (Å²) < 4.78 is 28.6. The first-order valence-corrected chi connectivity index (χ1v) is 10.6. The number of nitrogens with zero attached hydrogens (tertiary/aromatic N) is 1. The summed E-state index contributed by atoms with van der Waals surface area (Å²) >= 11 is 1.12. The second-order valence-electron chi connectivity index (χ2n) is 6.94. The van der Waals surface area contributed by atoms with Crippen molar-refractivity contribution in [2.75, 3.05) is 40.1 Å². The largest absolute Gasteiger partial charge is 0.367 e. The van der Waals surface area contributed by atoms with Crippen LogP contribution in [0.2, 0.25) is 0 Å². The summed E-state index contributed by atoms with van der Waals surface area (Å²) in [6.07, 6.45) is 1.82. The highest BCUT2D eigenvalue weighted by atomic mass is 32.2. The fourth-order valence-corrected chi connectivity index (χ4v) is 3.77. The summed E-state index contributed by atoms with van der Waals surface area (Å²) in [6, 6.07) is 9.65. The Labute approximate surface area is 172 Å². The molecule has 1 aliphatic heterocycles. The van der Waals surface area contributed by atoms with Gasteiger partial charge >= 0.3 is 0 Å². The smallest absolute Gasteiger partial charge is 0.234 e. The fraction of sp³-hybridized carbons (Fsp3) is 0.333. The van der Waals surface area contributed by atoms with E-state index < -0.39 is 17.5 Å². The van der Waals surface area contributed by atoms with Gasteiger partial charge in [-0.25, -0.2) is 8.78 Å². The summed E-state index contributed by atoms with van der Waals surface area (Å²) in [4.78, 5) is 25.6. The Balaban J connectivity index is 1.46. The van der Waals surface area contributed by atoms with Gasteiger partial charge in [-0.2, -0.15) is 0 Å². The second-order valence-corrected chi connectivity index (χ2v) is 7.92. The lowest BCUT2D eigenvalue weighted by atomic mass is 10.2. The van der Waals surface area contributed by atoms with Crippen LogP contribution in [0.25, 0.3) is 0 Å². The Morgan fingerprint density at radius 2 is 1.45 bits per heavy atom. The van der Waals surface area contributed by atoms with E-state index in [1.165, 1.54) is 0 Å². The second kappa shape index (κ2) is 9.73. The lowest BCUT2D eigenvalue weighted by Gasteiger charge is -2.19. The third kappa shape index (κ3) is 5.93. The van der Waals surface area contributed by atoms with Crippen molar-refractivity contribution in [1.29, 1.82) is 0 Å². The Bertz CT molecular complexity index is 861. The summed E-state index contributed by atoms with van der Waals surface area (Å²) in [7, 11) is 0. The fourth-order valence-electron chi connectivity index (χ4n) is 3.15. The van der Waals surface area contributed by atoms with E-state index in [2.05, 4.69) is 10.6 Å². The van der Waals surface area contributed by atoms with Gasteiger partial charge < -0.3 is 15.5 Å². The van der Waals surface area contributed by atoms with Crippen LogP contribution >= 0.6 is 11.8 Å². The van der Waals surface area contributed by atoms with Gasteiger partial charge in [-0.3, -0.25) is 9.59 Å². The molecular formula is C21H23F2N3O2S. The number of hydrogen-bond acceptors (Lipinski definition) is 4. The van der Waals surface area contributed by atoms with E-state index in [1.807, 2.05) is 19.1 Å². The van der Waals surface area contributed by atoms with Crippen molar-refractivity contribution in [2.24, 2.45) is 0 Å². The van der Waals surface area contributed by atoms with E-state index in [0.29, 0.717) is 18.8 Å². The van der Waals surface area contributed by atoms with Crippen molar-refractivity contribution in [3.8, 4) is 0 Å². The molecule has 2 N–H and O–H groups in total. The highest BCUT2D eigenvalue weighted by Gasteiger charge is 2.21. The molecule has 154 valence electrons. The molecule has 0 aliphatic carbocycles. The normalized spacial score (nSPS) is 13.4. The predicted octanol–water partition coefficient (Wildman–Crippen LogP) is 4.18. The number of nitrogens with one attached hydrogen (secondary N) is 2. The van der Waals surface area contributed by atoms with Crippen molar-refractivity contribution >= 4 is 40.6 Å². The van der Waals surface area contributed by atoms with Crippen LogP contribution in [0.15, 0.2) is 36.4 Å². The van der Waals surface area contributed by atoms with E-state index in [1.54, 1.807) is 17.0 Å². The van der Waals surface area contributed by atoms with Crippen LogP contribution in [0.5, 0.6) is 0 Å². The van der Waals surface area contributed by atoms with Crippen LogP contribution < -0.4 is 15.5 Å². The van der Waals surface area contributed by atoms with Crippen LogP contribution in [0.4, 0.5) is 25.8 Å². The minimum Gasteiger partial charge on any atom is -0.367 e. The van der Waals surface area contributed by atoms with Gasteiger partial charge in [0.15, 0.2) is 11.6 Å². The van der Waals surface area contributed by atoms with E-state index in [0.717, 1.165) is 42.3 Å². The topological polar surface area (TPSA) is 61.4 Å². The van der Waals surface area contributed by atoms with Crippen LogP contribution in [-0.2, 0) is 9.59 Å². The summed E-state index contributed by atoms with van der Waals surface area (Å²) in [5.41, 5.74) is 1.81. The van der Waals surface area contributed by atoms with E-state index in [-0.39, 0.29) is 28.8 Å². The lowest BCUT2D eigenvalue weighted by Crippen LogP contribution is -2.21. The van der Waals surface area contributed by atoms with Gasteiger partial charge in [0.05, 0.1) is 11.5 Å². The Morgan fingerprint density at radius 1 is 0.931 bits per heavy atom. The highest BCUT2D eigenvalue weighted by molar-refractivity contribution is 8.00. The number of carbonyl (C=O) groups is 2. The monoisotopic (exact) mass is 419 g/mol. The molecular weight excluding hydrogens is 396 g/mol. The van der Waals surface area contributed by atoms with E-state index >= 15 is 0 Å². The molecule has 0 atom stereocenters. The number of thioether (sulfide) groups is 1. The van der Waals surface area contributed by atoms with Gasteiger partial charge in [-0.15, -0.1) is 11.8 Å². The third-order valence-corrected chi connectivity index (χ3v) is 5.46. The number of amides is 2. The van der Waals surface area contributed by atoms with Gasteiger partial charge in [0.25, 0.3) is 0 Å². The van der Waals surface area contributed by atoms with Crippen LogP contribution in [0.3, 0.4) is 0 Å². The maximum Gasteiger partial charge on any atom is 0.234 e. The Morgan fingerprint density at radius 3 is 2.00 bits per heavy atom. The van der Waals surface area contributed by atoms with Crippen molar-refractivity contribution in [1.82, 2.24) is 0 Å². The molecule has 2 amide bonds. The number of hydrogen-bond donors (Lipinski definition) is 2. The lowest BCUT2D eigenvalue weighted by molar-refractivity contribution is -0.114. The molecule has 1 fully saturated rings. The molecule has 0 aromatic heterocycles. The van der Waals surface area contributed by atoms with Crippen LogP contribution in [-0.4, -0.2) is 36.4 Å². The van der Waals surface area contributed by atoms with Crippen LogP contribution in [0, 0.1) is 18.6 Å². The first kappa shape index (κ1) is 21.1. The molecule has 0 radical (unpaired) electrons. The maximum atomic E-state index is 14.3. The molecule has 2 aromatic rings. The molecule has 0 unspecified atom stereocenters. The summed E-state index contributed by atoms with van der Waals surface area (Å²) in [5.74, 6) is -1.93. The van der Waals surface area contributed by atoms with Crippen molar-refractivity contribution in [2.45, 2.75) is 19.8 Å². The van der Waals surface area contributed by atoms with Gasteiger partial charge in [0.1, 0.15) is 5.69 Å². The standard InChI is InChI=1S/C21H23F2N3O2S/c1-14-4-6-15(7-5-14)24-19(27)12-29-13-20(28)25-16-10-17(22)21(18(23)11-16)26-8-2-3-9-26/h4-7,10-11H,2-3,8-9,12-13H2,1H3,(H,24,27)(H,25,28). The molecule has 0 spiro atoms. The SMILES string of the molecule is Cc1ccc(NC(=O)CSCC(=O)Nc2cc(F)c(N3CCCC3)c(F)c2)cc1. The van der Waals surface area contributed by atoms with Gasteiger partial charge in [-0.1, -0.05) is 17.7 Å². The Hall–Kier alpha value is -2.61. The number of aryl methyl sites for hydroxylation is 1. The predicted molar refractivity (Wildman–Crippen MR) is 114 cm³/mol. The molecule has 0 bridgehead atoms. The van der Waals surface area contributed by atoms with E-state index in [4.69, 9.17) is 0 Å². The van der Waals surface area contributed by atoms with Crippen molar-refractivity contribution in [3.05, 3.63) is 53.6 Å². The summed E-state index contributed by atoms with van der Waals surface area (Å²) in [6.45, 7) is 3.21. The number of anilines is 3. The van der Waals surface area contributed by atoms with Gasteiger partial charge in [0, 0.05) is 24.5 Å². The molecule has 8 heteroatoms. The molecule has 1 saturated heterocycles. The zero-order chi connectivity index (χ0) is 20.8. The molecule has 3 rings (SSSR count). The molecule has 1 heterocycles. The highest BCUT2D eigenvalue weighted by Crippen LogP contribution is 2.29. The molecule has 0 saturated carbocycles. The zero-order valence-corrected chi connectivity index (χ0v) is 17.0. The molecule has 5 nitrogen and oxygen atoms in total. The number of carbonyl (C=O) groups excluding carboxylic acids is 2. The average Bonchev–Trinajstić information content (AvgIpc) is 3.17. The first-order valence-electron chi connectivity index (χ1n) is 9.40. The Kier molecular flexibility index (Phi) is 7.09. The summed E-state index contributed by atoms with van der Waals surface area (Å²) in [5, 5.41) is 5.23. The zero-order valence-electron chi connectivity index (χ0n) is 16.1. The quantitative estimate of drug-likeness (QED) is 0.707. The average molecular weight is 419 g/mol. The van der Waals surface area contributed by atoms with Gasteiger partial charge in [0.2, 0.25) is 11.8 Å². The minimum atomic E-state index is -0.688. The third-order valence-electron chi connectivity index (χ3n) is 4.52. The first-order chi connectivity index (χ1) is 13.9. The maximum absolute atomic E-state index is 14.3. The van der Waals surface area contributed by atoms with Crippen molar-refractivity contribution in [3.63, 3.8) is 0 Å². The van der Waals surface area contributed by atoms with Crippen molar-refractivity contribution < 1.29 is 18.4 Å². The molecule has 29 heavy (non-hydrogen) atoms. The van der Waals surface area contributed by atoms with Gasteiger partial charge in [-0.05, 0) is 44.0 Å². The number of halogens is 2. The molecule has 1 aliphatic rings. The number of benzene rings is 2. The molecule has 2 aromatic carbocycles. The van der Waals surface area contributed by atoms with Crippen LogP contribution in [0.1, 0.15) is 18.4 Å². The number of rotatable bonds is 7. The van der Waals surface area contributed by atoms with E-state index in [9.17, 15) is 18.4 Å².